The van der Waals surface area contributed by atoms with Crippen LogP contribution in [0.1, 0.15) is 33.6 Å². The molecular formula is C15H24N2S. The molecule has 1 aromatic carbocycles. The summed E-state index contributed by atoms with van der Waals surface area (Å²) in [4.78, 5) is 3.91. The predicted molar refractivity (Wildman–Crippen MR) is 83.0 cm³/mol. The lowest BCUT2D eigenvalue weighted by Crippen LogP contribution is -2.31. The first-order chi connectivity index (χ1) is 8.72. The summed E-state index contributed by atoms with van der Waals surface area (Å²) in [6.45, 7) is 9.03. The minimum absolute atomic E-state index is 0.565. The minimum atomic E-state index is 0.565. The first-order valence-electron chi connectivity index (χ1n) is 6.99. The maximum Gasteiger partial charge on any atom is 0.0615 e. The Bertz CT molecular complexity index is 390. The minimum Gasteiger partial charge on any atom is -0.383 e. The second kappa shape index (κ2) is 6.37. The maximum atomic E-state index is 3.54. The molecule has 1 heterocycles. The molecule has 18 heavy (non-hydrogen) atoms. The zero-order chi connectivity index (χ0) is 13.0. The molecule has 0 fully saturated rings. The van der Waals surface area contributed by atoms with Crippen molar-refractivity contribution in [1.82, 2.24) is 0 Å². The summed E-state index contributed by atoms with van der Waals surface area (Å²) in [5.41, 5.74) is 2.67. The van der Waals surface area contributed by atoms with Gasteiger partial charge in [-0.05, 0) is 50.6 Å². The smallest absolute Gasteiger partial charge is 0.0615 e. The quantitative estimate of drug-likeness (QED) is 0.820. The van der Waals surface area contributed by atoms with Gasteiger partial charge in [-0.1, -0.05) is 6.92 Å². The Hall–Kier alpha value is -0.830. The Morgan fingerprint density at radius 3 is 2.94 bits per heavy atom. The van der Waals surface area contributed by atoms with Crippen LogP contribution in [0.3, 0.4) is 0 Å². The Morgan fingerprint density at radius 2 is 2.22 bits per heavy atom. The molecule has 1 N–H and O–H groups in total. The summed E-state index contributed by atoms with van der Waals surface area (Å²) in [5.74, 6) is 1.20. The molecule has 2 rings (SSSR count). The van der Waals surface area contributed by atoms with Crippen LogP contribution in [-0.2, 0) is 0 Å². The number of hydrogen-bond acceptors (Lipinski definition) is 3. The van der Waals surface area contributed by atoms with E-state index in [0.717, 1.165) is 13.1 Å². The Morgan fingerprint density at radius 1 is 1.39 bits per heavy atom. The van der Waals surface area contributed by atoms with Gasteiger partial charge in [0.2, 0.25) is 0 Å². The number of fused-ring (bicyclic) bond motifs is 1. The summed E-state index contributed by atoms with van der Waals surface area (Å²) in [6.07, 6.45) is 2.44. The van der Waals surface area contributed by atoms with Gasteiger partial charge in [-0.3, -0.25) is 0 Å². The third kappa shape index (κ3) is 3.14. The fraction of sp³-hybridized carbons (Fsp3) is 0.600. The van der Waals surface area contributed by atoms with Gasteiger partial charge in [0, 0.05) is 24.0 Å². The van der Waals surface area contributed by atoms with Gasteiger partial charge in [0.25, 0.3) is 0 Å². The van der Waals surface area contributed by atoms with E-state index in [1.165, 1.54) is 34.9 Å². The van der Waals surface area contributed by atoms with E-state index in [-0.39, 0.29) is 0 Å². The van der Waals surface area contributed by atoms with Gasteiger partial charge < -0.3 is 10.2 Å². The van der Waals surface area contributed by atoms with E-state index in [0.29, 0.717) is 6.04 Å². The van der Waals surface area contributed by atoms with Crippen LogP contribution in [0.5, 0.6) is 0 Å². The highest BCUT2D eigenvalue weighted by Gasteiger charge is 2.17. The van der Waals surface area contributed by atoms with Gasteiger partial charge in [0.1, 0.15) is 0 Å². The van der Waals surface area contributed by atoms with Crippen LogP contribution in [0.15, 0.2) is 23.1 Å². The molecule has 0 saturated carbocycles. The molecule has 0 aromatic heterocycles. The summed E-state index contributed by atoms with van der Waals surface area (Å²) in [7, 11) is 0. The number of nitrogens with one attached hydrogen (secondary N) is 1. The van der Waals surface area contributed by atoms with E-state index in [4.69, 9.17) is 0 Å². The van der Waals surface area contributed by atoms with Gasteiger partial charge in [0.05, 0.1) is 11.4 Å². The summed E-state index contributed by atoms with van der Waals surface area (Å²) in [6, 6.07) is 7.41. The fourth-order valence-corrected chi connectivity index (χ4v) is 3.14. The molecule has 100 valence electrons. The number of anilines is 2. The third-order valence-corrected chi connectivity index (χ3v) is 4.47. The van der Waals surface area contributed by atoms with Gasteiger partial charge in [-0.15, -0.1) is 11.8 Å². The number of thioether (sulfide) groups is 1. The number of nitrogens with zero attached hydrogens (tertiary/aromatic N) is 1. The van der Waals surface area contributed by atoms with E-state index in [2.05, 4.69) is 49.2 Å². The molecule has 0 aliphatic carbocycles. The van der Waals surface area contributed by atoms with Crippen LogP contribution in [0.2, 0.25) is 0 Å². The highest BCUT2D eigenvalue weighted by Crippen LogP contribution is 2.34. The third-order valence-electron chi connectivity index (χ3n) is 3.27. The molecule has 0 atom stereocenters. The Labute approximate surface area is 115 Å². The fourth-order valence-electron chi connectivity index (χ4n) is 2.34. The number of benzene rings is 1. The van der Waals surface area contributed by atoms with E-state index in [1.54, 1.807) is 0 Å². The van der Waals surface area contributed by atoms with Crippen LogP contribution < -0.4 is 10.2 Å². The molecule has 0 amide bonds. The van der Waals surface area contributed by atoms with Crippen LogP contribution >= 0.6 is 11.8 Å². The number of rotatable bonds is 4. The largest absolute Gasteiger partial charge is 0.383 e. The Kier molecular flexibility index (Phi) is 4.81. The van der Waals surface area contributed by atoms with Crippen LogP contribution in [0, 0.1) is 0 Å². The lowest BCUT2D eigenvalue weighted by molar-refractivity contribution is 0.672. The van der Waals surface area contributed by atoms with Crippen LogP contribution in [0.4, 0.5) is 11.4 Å². The predicted octanol–water partition coefficient (Wildman–Crippen LogP) is 4.22. The monoisotopic (exact) mass is 264 g/mol. The van der Waals surface area contributed by atoms with E-state index >= 15 is 0 Å². The van der Waals surface area contributed by atoms with Gasteiger partial charge in [-0.25, -0.2) is 0 Å². The number of hydrogen-bond donors (Lipinski definition) is 1. The van der Waals surface area contributed by atoms with Crippen LogP contribution in [-0.4, -0.2) is 24.9 Å². The molecule has 1 aliphatic heterocycles. The molecular weight excluding hydrogens is 240 g/mol. The second-order valence-electron chi connectivity index (χ2n) is 5.09. The standard InChI is InChI=1S/C15H24N2S/c1-4-10-18-13-6-7-14-15(11-13)17(12(2)3)9-5-8-16-14/h6-7,11-12,16H,4-5,8-10H2,1-3H3. The van der Waals surface area contributed by atoms with Crippen molar-refractivity contribution in [2.45, 2.75) is 44.6 Å². The second-order valence-corrected chi connectivity index (χ2v) is 6.26. The molecule has 1 aliphatic rings. The molecule has 0 unspecified atom stereocenters. The molecule has 2 nitrogen and oxygen atoms in total. The van der Waals surface area contributed by atoms with Gasteiger partial charge in [-0.2, -0.15) is 0 Å². The molecule has 0 bridgehead atoms. The summed E-state index contributed by atoms with van der Waals surface area (Å²) >= 11 is 1.96. The molecule has 0 radical (unpaired) electrons. The van der Waals surface area contributed by atoms with Crippen molar-refractivity contribution in [3.8, 4) is 0 Å². The zero-order valence-corrected chi connectivity index (χ0v) is 12.5. The Balaban J connectivity index is 2.27. The zero-order valence-electron chi connectivity index (χ0n) is 11.7. The SMILES string of the molecule is CCCSc1ccc2c(c1)N(C(C)C)CCCN2. The van der Waals surface area contributed by atoms with Gasteiger partial charge in [0.15, 0.2) is 0 Å². The first kappa shape index (κ1) is 13.6. The first-order valence-corrected chi connectivity index (χ1v) is 7.98. The average molecular weight is 264 g/mol. The van der Waals surface area contributed by atoms with Crippen molar-refractivity contribution in [2.75, 3.05) is 29.1 Å². The molecule has 1 aromatic rings. The van der Waals surface area contributed by atoms with Crippen molar-refractivity contribution >= 4 is 23.1 Å². The average Bonchev–Trinajstić information content (AvgIpc) is 2.57. The van der Waals surface area contributed by atoms with E-state index < -0.39 is 0 Å². The molecule has 3 heteroatoms. The van der Waals surface area contributed by atoms with E-state index in [9.17, 15) is 0 Å². The maximum absolute atomic E-state index is 3.54. The van der Waals surface area contributed by atoms with Crippen molar-refractivity contribution in [2.24, 2.45) is 0 Å². The lowest BCUT2D eigenvalue weighted by atomic mass is 10.2. The van der Waals surface area contributed by atoms with Crippen molar-refractivity contribution in [3.05, 3.63) is 18.2 Å². The highest BCUT2D eigenvalue weighted by molar-refractivity contribution is 7.99. The van der Waals surface area contributed by atoms with Crippen molar-refractivity contribution < 1.29 is 0 Å². The topological polar surface area (TPSA) is 15.3 Å². The normalized spacial score (nSPS) is 15.2. The lowest BCUT2D eigenvalue weighted by Gasteiger charge is -2.29. The van der Waals surface area contributed by atoms with Gasteiger partial charge >= 0.3 is 0 Å². The molecule has 0 saturated heterocycles. The summed E-state index contributed by atoms with van der Waals surface area (Å²) in [5, 5.41) is 3.54. The highest BCUT2D eigenvalue weighted by atomic mass is 32.2. The van der Waals surface area contributed by atoms with Crippen molar-refractivity contribution in [3.63, 3.8) is 0 Å². The van der Waals surface area contributed by atoms with Crippen LogP contribution in [0.25, 0.3) is 0 Å². The van der Waals surface area contributed by atoms with Crippen molar-refractivity contribution in [1.29, 1.82) is 0 Å². The molecule has 0 spiro atoms. The summed E-state index contributed by atoms with van der Waals surface area (Å²) < 4.78 is 0. The van der Waals surface area contributed by atoms with E-state index in [1.807, 2.05) is 11.8 Å².